The summed E-state index contributed by atoms with van der Waals surface area (Å²) in [5.74, 6) is -0.343. The third kappa shape index (κ3) is 6.83. The Balaban J connectivity index is 0.000000474. The number of aromatic nitrogens is 1. The highest BCUT2D eigenvalue weighted by molar-refractivity contribution is 6.30. The number of esters is 1. The molecule has 0 radical (unpaired) electrons. The van der Waals surface area contributed by atoms with Crippen molar-refractivity contribution < 1.29 is 14.6 Å². The number of nitriles is 1. The van der Waals surface area contributed by atoms with E-state index in [-0.39, 0.29) is 18.0 Å². The lowest BCUT2D eigenvalue weighted by Crippen LogP contribution is -2.32. The van der Waals surface area contributed by atoms with Gasteiger partial charge in [-0.3, -0.25) is 4.79 Å². The van der Waals surface area contributed by atoms with Crippen LogP contribution < -0.4 is 0 Å². The molecule has 1 N–H and O–H groups in total. The lowest BCUT2D eigenvalue weighted by atomic mass is 9.82. The standard InChI is InChI=1S/C17H15ClN2O2.C5H10O.C2H6/c1-10-15(9-19)20-11(2)14(8-16(21)22-3)17(10)12-4-6-13(18)7-5-12;1-5(6)3-2-4-5;1-2/h4-7H,8H2,1-3H3;6H,2-4H2,1H3;1-2H3. The number of aryl methyl sites for hydroxylation is 1. The zero-order chi connectivity index (χ0) is 22.9. The average Bonchev–Trinajstić information content (AvgIpc) is 2.72. The van der Waals surface area contributed by atoms with Gasteiger partial charge < -0.3 is 9.84 Å². The summed E-state index contributed by atoms with van der Waals surface area (Å²) in [5, 5.41) is 18.8. The SMILES string of the molecule is CC.CC1(O)CCC1.COC(=O)Cc1c(C)nc(C#N)c(C)c1-c1ccc(Cl)cc1. The predicted molar refractivity (Wildman–Crippen MR) is 120 cm³/mol. The summed E-state index contributed by atoms with van der Waals surface area (Å²) in [6.07, 6.45) is 3.34. The minimum absolute atomic E-state index is 0.111. The molecule has 1 aromatic carbocycles. The number of pyridine rings is 1. The van der Waals surface area contributed by atoms with Crippen molar-refractivity contribution in [3.05, 3.63) is 51.8 Å². The minimum atomic E-state index is -0.343. The third-order valence-electron chi connectivity index (χ3n) is 4.97. The molecule has 0 amide bonds. The Kier molecular flexibility index (Phi) is 9.98. The molecule has 0 aliphatic heterocycles. The number of methoxy groups -OCH3 is 1. The number of ether oxygens (including phenoxy) is 1. The molecule has 6 heteroatoms. The van der Waals surface area contributed by atoms with E-state index in [4.69, 9.17) is 21.4 Å². The van der Waals surface area contributed by atoms with Crippen molar-refractivity contribution in [2.75, 3.05) is 7.11 Å². The van der Waals surface area contributed by atoms with Crippen LogP contribution in [0, 0.1) is 25.2 Å². The Morgan fingerprint density at radius 2 is 1.80 bits per heavy atom. The van der Waals surface area contributed by atoms with E-state index in [9.17, 15) is 10.1 Å². The first-order chi connectivity index (χ1) is 14.2. The summed E-state index contributed by atoms with van der Waals surface area (Å²) < 4.78 is 4.76. The van der Waals surface area contributed by atoms with Crippen molar-refractivity contribution >= 4 is 17.6 Å². The molecule has 0 bridgehead atoms. The Labute approximate surface area is 184 Å². The van der Waals surface area contributed by atoms with Gasteiger partial charge in [0.25, 0.3) is 0 Å². The van der Waals surface area contributed by atoms with Gasteiger partial charge in [0, 0.05) is 10.7 Å². The molecule has 2 aromatic rings. The van der Waals surface area contributed by atoms with Crippen LogP contribution >= 0.6 is 11.6 Å². The smallest absolute Gasteiger partial charge is 0.310 e. The molecular formula is C24H31ClN2O3. The Bertz CT molecular complexity index is 894. The van der Waals surface area contributed by atoms with Crippen molar-refractivity contribution in [2.24, 2.45) is 0 Å². The first-order valence-corrected chi connectivity index (χ1v) is 10.5. The second-order valence-electron chi connectivity index (χ2n) is 7.25. The van der Waals surface area contributed by atoms with Crippen LogP contribution in [0.1, 0.15) is 62.5 Å². The topological polar surface area (TPSA) is 83.2 Å². The van der Waals surface area contributed by atoms with Gasteiger partial charge in [-0.05, 0) is 74.4 Å². The number of halogens is 1. The fourth-order valence-corrected chi connectivity index (χ4v) is 3.21. The quantitative estimate of drug-likeness (QED) is 0.645. The molecule has 0 atom stereocenters. The van der Waals surface area contributed by atoms with Crippen molar-refractivity contribution in [2.45, 2.75) is 65.9 Å². The fraction of sp³-hybridized carbons (Fsp3) is 0.458. The molecule has 3 rings (SSSR count). The third-order valence-corrected chi connectivity index (χ3v) is 5.22. The summed E-state index contributed by atoms with van der Waals surface area (Å²) >= 11 is 5.94. The normalized spacial score (nSPS) is 13.4. The van der Waals surface area contributed by atoms with Gasteiger partial charge in [0.2, 0.25) is 0 Å². The number of aliphatic hydroxyl groups is 1. The number of hydrogen-bond donors (Lipinski definition) is 1. The molecule has 5 nitrogen and oxygen atoms in total. The maximum Gasteiger partial charge on any atom is 0.310 e. The van der Waals surface area contributed by atoms with E-state index in [1.165, 1.54) is 13.5 Å². The number of rotatable bonds is 3. The first kappa shape index (κ1) is 25.6. The van der Waals surface area contributed by atoms with Crippen LogP contribution in [0.15, 0.2) is 24.3 Å². The zero-order valence-corrected chi connectivity index (χ0v) is 19.4. The predicted octanol–water partition coefficient (Wildman–Crippen LogP) is 5.55. The van der Waals surface area contributed by atoms with E-state index >= 15 is 0 Å². The summed E-state index contributed by atoms with van der Waals surface area (Å²) in [7, 11) is 1.35. The van der Waals surface area contributed by atoms with Gasteiger partial charge in [0.05, 0.1) is 19.1 Å². The van der Waals surface area contributed by atoms with Crippen LogP contribution in [0.2, 0.25) is 5.02 Å². The average molecular weight is 431 g/mol. The lowest BCUT2D eigenvalue weighted by Gasteiger charge is -2.31. The summed E-state index contributed by atoms with van der Waals surface area (Å²) in [5.41, 5.74) is 3.97. The van der Waals surface area contributed by atoms with E-state index in [1.54, 1.807) is 19.1 Å². The van der Waals surface area contributed by atoms with Gasteiger partial charge in [-0.25, -0.2) is 4.98 Å². The molecule has 1 aliphatic carbocycles. The van der Waals surface area contributed by atoms with Crippen LogP contribution in [0.5, 0.6) is 0 Å². The van der Waals surface area contributed by atoms with E-state index < -0.39 is 0 Å². The highest BCUT2D eigenvalue weighted by atomic mass is 35.5. The molecule has 30 heavy (non-hydrogen) atoms. The highest BCUT2D eigenvalue weighted by Crippen LogP contribution is 2.32. The van der Waals surface area contributed by atoms with E-state index in [0.717, 1.165) is 35.1 Å². The van der Waals surface area contributed by atoms with Crippen LogP contribution in [0.4, 0.5) is 0 Å². The van der Waals surface area contributed by atoms with Crippen LogP contribution in [0.25, 0.3) is 11.1 Å². The summed E-state index contributed by atoms with van der Waals surface area (Å²) in [6.45, 7) is 9.50. The second kappa shape index (κ2) is 11.7. The van der Waals surface area contributed by atoms with E-state index in [0.29, 0.717) is 16.4 Å². The molecule has 0 saturated heterocycles. The Hall–Kier alpha value is -2.42. The molecule has 1 aliphatic rings. The van der Waals surface area contributed by atoms with Crippen molar-refractivity contribution in [3.8, 4) is 17.2 Å². The largest absolute Gasteiger partial charge is 0.469 e. The fourth-order valence-electron chi connectivity index (χ4n) is 3.08. The minimum Gasteiger partial charge on any atom is -0.469 e. The number of carbonyl (C=O) groups excluding carboxylic acids is 1. The zero-order valence-electron chi connectivity index (χ0n) is 18.7. The van der Waals surface area contributed by atoms with Crippen LogP contribution in [-0.2, 0) is 16.0 Å². The highest BCUT2D eigenvalue weighted by Gasteiger charge is 2.27. The van der Waals surface area contributed by atoms with Crippen LogP contribution in [-0.4, -0.2) is 28.8 Å². The molecule has 1 saturated carbocycles. The lowest BCUT2D eigenvalue weighted by molar-refractivity contribution is -0.139. The van der Waals surface area contributed by atoms with Gasteiger partial charge in [0.15, 0.2) is 0 Å². The van der Waals surface area contributed by atoms with E-state index in [1.807, 2.05) is 39.8 Å². The van der Waals surface area contributed by atoms with Gasteiger partial charge in [-0.1, -0.05) is 37.6 Å². The van der Waals surface area contributed by atoms with Crippen molar-refractivity contribution in [3.63, 3.8) is 0 Å². The maximum atomic E-state index is 11.7. The Morgan fingerprint density at radius 1 is 1.27 bits per heavy atom. The molecule has 0 spiro atoms. The molecule has 162 valence electrons. The van der Waals surface area contributed by atoms with Crippen molar-refractivity contribution in [1.29, 1.82) is 5.26 Å². The number of carbonyl (C=O) groups is 1. The molecular weight excluding hydrogens is 400 g/mol. The van der Waals surface area contributed by atoms with Crippen LogP contribution in [0.3, 0.4) is 0 Å². The number of hydrogen-bond acceptors (Lipinski definition) is 5. The first-order valence-electron chi connectivity index (χ1n) is 10.1. The van der Waals surface area contributed by atoms with E-state index in [2.05, 4.69) is 11.1 Å². The number of benzene rings is 1. The summed E-state index contributed by atoms with van der Waals surface area (Å²) in [6, 6.07) is 9.39. The molecule has 0 unspecified atom stereocenters. The summed E-state index contributed by atoms with van der Waals surface area (Å²) in [4.78, 5) is 16.0. The number of nitrogens with zero attached hydrogens (tertiary/aromatic N) is 2. The van der Waals surface area contributed by atoms with Gasteiger partial charge in [-0.2, -0.15) is 5.26 Å². The second-order valence-corrected chi connectivity index (χ2v) is 7.68. The monoisotopic (exact) mass is 430 g/mol. The molecule has 1 aromatic heterocycles. The Morgan fingerprint density at radius 3 is 2.20 bits per heavy atom. The maximum absolute atomic E-state index is 11.7. The van der Waals surface area contributed by atoms with Gasteiger partial charge in [-0.15, -0.1) is 0 Å². The molecule has 1 fully saturated rings. The van der Waals surface area contributed by atoms with Crippen molar-refractivity contribution in [1.82, 2.24) is 4.98 Å². The van der Waals surface area contributed by atoms with Gasteiger partial charge >= 0.3 is 5.97 Å². The molecule has 1 heterocycles. The van der Waals surface area contributed by atoms with Gasteiger partial charge in [0.1, 0.15) is 11.8 Å².